The average Bonchev–Trinajstić information content (AvgIpc) is 2.27. The van der Waals surface area contributed by atoms with Crippen LogP contribution in [0.15, 0.2) is 18.2 Å². The second-order valence-electron chi connectivity index (χ2n) is 4.05. The zero-order valence-electron chi connectivity index (χ0n) is 10.8. The first-order valence-corrected chi connectivity index (χ1v) is 5.95. The Kier molecular flexibility index (Phi) is 4.82. The Labute approximate surface area is 103 Å². The quantitative estimate of drug-likeness (QED) is 0.766. The van der Waals surface area contributed by atoms with Crippen LogP contribution in [0.1, 0.15) is 19.4 Å². The molecule has 1 aromatic rings. The van der Waals surface area contributed by atoms with Crippen LogP contribution >= 0.6 is 0 Å². The van der Waals surface area contributed by atoms with Gasteiger partial charge in [-0.05, 0) is 44.5 Å². The predicted molar refractivity (Wildman–Crippen MR) is 72.0 cm³/mol. The maximum atomic E-state index is 11.8. The van der Waals surface area contributed by atoms with Crippen molar-refractivity contribution in [2.45, 2.75) is 20.8 Å². The molecule has 0 aromatic heterocycles. The molecule has 0 radical (unpaired) electrons. The van der Waals surface area contributed by atoms with E-state index >= 15 is 0 Å². The number of benzene rings is 1. The summed E-state index contributed by atoms with van der Waals surface area (Å²) in [6, 6.07) is 5.71. The van der Waals surface area contributed by atoms with Crippen molar-refractivity contribution in [2.75, 3.05) is 30.7 Å². The fourth-order valence-corrected chi connectivity index (χ4v) is 1.78. The topological polar surface area (TPSA) is 58.4 Å². The van der Waals surface area contributed by atoms with Crippen molar-refractivity contribution in [2.24, 2.45) is 0 Å². The van der Waals surface area contributed by atoms with Crippen molar-refractivity contribution < 1.29 is 4.79 Å². The molecule has 4 heteroatoms. The summed E-state index contributed by atoms with van der Waals surface area (Å²) in [4.78, 5) is 13.6. The van der Waals surface area contributed by atoms with Crippen LogP contribution < -0.4 is 11.1 Å². The van der Waals surface area contributed by atoms with Gasteiger partial charge in [0.25, 0.3) is 0 Å². The molecule has 3 N–H and O–H groups in total. The normalized spacial score (nSPS) is 10.1. The van der Waals surface area contributed by atoms with Gasteiger partial charge in [0.15, 0.2) is 0 Å². The number of rotatable bonds is 5. The van der Waals surface area contributed by atoms with Gasteiger partial charge in [0.05, 0.1) is 6.54 Å². The lowest BCUT2D eigenvalue weighted by Crippen LogP contribution is -2.35. The Hall–Kier alpha value is -1.71. The highest BCUT2D eigenvalue weighted by atomic mass is 16.2. The van der Waals surface area contributed by atoms with E-state index in [2.05, 4.69) is 5.32 Å². The molecular weight excluding hydrogens is 214 g/mol. The van der Waals surface area contributed by atoms with Gasteiger partial charge >= 0.3 is 0 Å². The summed E-state index contributed by atoms with van der Waals surface area (Å²) in [6.07, 6.45) is 0. The van der Waals surface area contributed by atoms with Crippen LogP contribution in [-0.2, 0) is 4.79 Å². The molecule has 0 saturated heterocycles. The van der Waals surface area contributed by atoms with Gasteiger partial charge in [-0.2, -0.15) is 0 Å². The highest BCUT2D eigenvalue weighted by Crippen LogP contribution is 2.15. The first-order valence-electron chi connectivity index (χ1n) is 5.95. The fourth-order valence-electron chi connectivity index (χ4n) is 1.78. The summed E-state index contributed by atoms with van der Waals surface area (Å²) in [6.45, 7) is 7.73. The van der Waals surface area contributed by atoms with E-state index in [1.54, 1.807) is 4.90 Å². The Balaban J connectivity index is 2.58. The van der Waals surface area contributed by atoms with Gasteiger partial charge < -0.3 is 16.0 Å². The average molecular weight is 235 g/mol. The van der Waals surface area contributed by atoms with E-state index in [1.165, 1.54) is 0 Å². The SMILES string of the molecule is CCN(CC)C(=O)CNc1cc(C)cc(N)c1. The predicted octanol–water partition coefficient (Wildman–Crippen LogP) is 1.86. The number of hydrogen-bond acceptors (Lipinski definition) is 3. The molecule has 17 heavy (non-hydrogen) atoms. The van der Waals surface area contributed by atoms with Crippen LogP contribution in [0.4, 0.5) is 11.4 Å². The summed E-state index contributed by atoms with van der Waals surface area (Å²) in [7, 11) is 0. The summed E-state index contributed by atoms with van der Waals surface area (Å²) >= 11 is 0. The molecule has 4 nitrogen and oxygen atoms in total. The van der Waals surface area contributed by atoms with Crippen LogP contribution in [-0.4, -0.2) is 30.4 Å². The molecule has 1 aromatic carbocycles. The zero-order valence-corrected chi connectivity index (χ0v) is 10.8. The highest BCUT2D eigenvalue weighted by Gasteiger charge is 2.08. The van der Waals surface area contributed by atoms with Crippen molar-refractivity contribution in [3.05, 3.63) is 23.8 Å². The summed E-state index contributed by atoms with van der Waals surface area (Å²) in [5, 5.41) is 3.10. The number of amides is 1. The third-order valence-electron chi connectivity index (χ3n) is 2.66. The number of aryl methyl sites for hydroxylation is 1. The van der Waals surface area contributed by atoms with E-state index in [4.69, 9.17) is 5.73 Å². The number of likely N-dealkylation sites (N-methyl/N-ethyl adjacent to an activating group) is 1. The summed E-state index contributed by atoms with van der Waals surface area (Å²) < 4.78 is 0. The van der Waals surface area contributed by atoms with Crippen LogP contribution in [0.25, 0.3) is 0 Å². The second kappa shape index (κ2) is 6.13. The minimum absolute atomic E-state index is 0.107. The van der Waals surface area contributed by atoms with Crippen LogP contribution in [0.5, 0.6) is 0 Å². The summed E-state index contributed by atoms with van der Waals surface area (Å²) in [5.74, 6) is 0.107. The van der Waals surface area contributed by atoms with Gasteiger partial charge in [-0.1, -0.05) is 0 Å². The standard InChI is InChI=1S/C13H21N3O/c1-4-16(5-2)13(17)9-15-12-7-10(3)6-11(14)8-12/h6-8,15H,4-5,9,14H2,1-3H3. The van der Waals surface area contributed by atoms with Gasteiger partial charge in [0.2, 0.25) is 5.91 Å². The smallest absolute Gasteiger partial charge is 0.241 e. The van der Waals surface area contributed by atoms with Gasteiger partial charge in [0.1, 0.15) is 0 Å². The van der Waals surface area contributed by atoms with Crippen molar-refractivity contribution in [3.63, 3.8) is 0 Å². The molecule has 0 saturated carbocycles. The van der Waals surface area contributed by atoms with E-state index in [9.17, 15) is 4.79 Å². The van der Waals surface area contributed by atoms with E-state index in [1.807, 2.05) is 39.0 Å². The molecular formula is C13H21N3O. The lowest BCUT2D eigenvalue weighted by Gasteiger charge is -2.19. The molecule has 1 rings (SSSR count). The molecule has 0 aliphatic rings. The molecule has 0 aliphatic heterocycles. The molecule has 0 bridgehead atoms. The number of nitrogens with one attached hydrogen (secondary N) is 1. The van der Waals surface area contributed by atoms with E-state index in [0.717, 1.165) is 24.3 Å². The van der Waals surface area contributed by atoms with Gasteiger partial charge in [-0.25, -0.2) is 0 Å². The number of carbonyl (C=O) groups is 1. The van der Waals surface area contributed by atoms with Crippen LogP contribution in [0.3, 0.4) is 0 Å². The molecule has 0 heterocycles. The maximum Gasteiger partial charge on any atom is 0.241 e. The molecule has 0 unspecified atom stereocenters. The maximum absolute atomic E-state index is 11.8. The van der Waals surface area contributed by atoms with Crippen LogP contribution in [0, 0.1) is 6.92 Å². The largest absolute Gasteiger partial charge is 0.399 e. The third-order valence-corrected chi connectivity index (χ3v) is 2.66. The van der Waals surface area contributed by atoms with E-state index in [0.29, 0.717) is 12.2 Å². The number of anilines is 2. The van der Waals surface area contributed by atoms with Crippen LogP contribution in [0.2, 0.25) is 0 Å². The van der Waals surface area contributed by atoms with Crippen molar-refractivity contribution in [3.8, 4) is 0 Å². The lowest BCUT2D eigenvalue weighted by atomic mass is 10.2. The molecule has 1 amide bonds. The number of nitrogen functional groups attached to an aromatic ring is 1. The Morgan fingerprint density at radius 2 is 1.94 bits per heavy atom. The van der Waals surface area contributed by atoms with E-state index in [-0.39, 0.29) is 5.91 Å². The number of nitrogens with two attached hydrogens (primary N) is 1. The Bertz CT molecular complexity index is 366. The number of carbonyl (C=O) groups excluding carboxylic acids is 1. The van der Waals surface area contributed by atoms with Gasteiger partial charge in [-0.15, -0.1) is 0 Å². The highest BCUT2D eigenvalue weighted by molar-refractivity contribution is 5.81. The molecule has 0 atom stereocenters. The van der Waals surface area contributed by atoms with Crippen molar-refractivity contribution in [1.29, 1.82) is 0 Å². The number of hydrogen-bond donors (Lipinski definition) is 2. The first kappa shape index (κ1) is 13.4. The monoisotopic (exact) mass is 235 g/mol. The van der Waals surface area contributed by atoms with Crippen molar-refractivity contribution >= 4 is 17.3 Å². The summed E-state index contributed by atoms with van der Waals surface area (Å²) in [5.41, 5.74) is 8.43. The minimum atomic E-state index is 0.107. The lowest BCUT2D eigenvalue weighted by molar-refractivity contribution is -0.128. The molecule has 0 spiro atoms. The van der Waals surface area contributed by atoms with Crippen molar-refractivity contribution in [1.82, 2.24) is 4.90 Å². The zero-order chi connectivity index (χ0) is 12.8. The van der Waals surface area contributed by atoms with Gasteiger partial charge in [0, 0.05) is 24.5 Å². The number of nitrogens with zero attached hydrogens (tertiary/aromatic N) is 1. The fraction of sp³-hybridized carbons (Fsp3) is 0.462. The molecule has 0 aliphatic carbocycles. The Morgan fingerprint density at radius 3 is 2.47 bits per heavy atom. The van der Waals surface area contributed by atoms with E-state index < -0.39 is 0 Å². The van der Waals surface area contributed by atoms with Gasteiger partial charge in [-0.3, -0.25) is 4.79 Å². The molecule has 94 valence electrons. The third kappa shape index (κ3) is 3.98. The Morgan fingerprint density at radius 1 is 1.29 bits per heavy atom. The first-order chi connectivity index (χ1) is 8.06. The second-order valence-corrected chi connectivity index (χ2v) is 4.05. The minimum Gasteiger partial charge on any atom is -0.399 e. The molecule has 0 fully saturated rings.